The Morgan fingerprint density at radius 2 is 2.05 bits per heavy atom. The van der Waals surface area contributed by atoms with Crippen LogP contribution in [0.1, 0.15) is 21.8 Å². The third-order valence-corrected chi connectivity index (χ3v) is 4.02. The Hall–Kier alpha value is -1.85. The van der Waals surface area contributed by atoms with Crippen LogP contribution in [0.4, 0.5) is 0 Å². The highest BCUT2D eigenvalue weighted by atomic mass is 35.5. The quantitative estimate of drug-likeness (QED) is 0.872. The van der Waals surface area contributed by atoms with E-state index in [0.29, 0.717) is 23.7 Å². The van der Waals surface area contributed by atoms with Crippen molar-refractivity contribution < 1.29 is 9.32 Å². The van der Waals surface area contributed by atoms with Gasteiger partial charge in [0.25, 0.3) is 5.91 Å². The van der Waals surface area contributed by atoms with E-state index in [1.807, 2.05) is 17.9 Å². The monoisotopic (exact) mass is 319 g/mol. The minimum absolute atomic E-state index is 0.0395. The number of amides is 1. The van der Waals surface area contributed by atoms with Crippen LogP contribution in [0.5, 0.6) is 0 Å². The average Bonchev–Trinajstić information content (AvgIpc) is 2.92. The van der Waals surface area contributed by atoms with Crippen LogP contribution < -0.4 is 0 Å². The average molecular weight is 320 g/mol. The Morgan fingerprint density at radius 3 is 2.68 bits per heavy atom. The Morgan fingerprint density at radius 1 is 1.27 bits per heavy atom. The Bertz CT molecular complexity index is 663. The smallest absolute Gasteiger partial charge is 0.253 e. The van der Waals surface area contributed by atoms with Gasteiger partial charge in [-0.3, -0.25) is 9.69 Å². The van der Waals surface area contributed by atoms with Crippen molar-refractivity contribution in [3.8, 4) is 0 Å². The topological polar surface area (TPSA) is 49.6 Å². The van der Waals surface area contributed by atoms with E-state index in [4.69, 9.17) is 16.1 Å². The van der Waals surface area contributed by atoms with Gasteiger partial charge in [0, 0.05) is 42.8 Å². The van der Waals surface area contributed by atoms with E-state index in [9.17, 15) is 4.79 Å². The summed E-state index contributed by atoms with van der Waals surface area (Å²) in [6, 6.07) is 9.04. The molecule has 1 aromatic carbocycles. The summed E-state index contributed by atoms with van der Waals surface area (Å²) in [6.45, 7) is 5.71. The second-order valence-corrected chi connectivity index (χ2v) is 5.95. The van der Waals surface area contributed by atoms with Gasteiger partial charge in [-0.05, 0) is 25.1 Å². The fraction of sp³-hybridized carbons (Fsp3) is 0.375. The molecule has 0 atom stereocenters. The standard InChI is InChI=1S/C16H18ClN3O2/c1-12-9-15(22-18-12)11-19-5-7-20(8-6-19)16(21)13-3-2-4-14(17)10-13/h2-4,9-10H,5-8,11H2,1H3. The van der Waals surface area contributed by atoms with Gasteiger partial charge >= 0.3 is 0 Å². The molecule has 0 aliphatic carbocycles. The van der Waals surface area contributed by atoms with Crippen LogP contribution in [-0.2, 0) is 6.54 Å². The molecule has 1 aliphatic rings. The zero-order chi connectivity index (χ0) is 15.5. The fourth-order valence-corrected chi connectivity index (χ4v) is 2.81. The molecule has 0 spiro atoms. The Labute approximate surface area is 134 Å². The Kier molecular flexibility index (Phi) is 4.45. The maximum absolute atomic E-state index is 12.4. The van der Waals surface area contributed by atoms with Gasteiger partial charge in [0.2, 0.25) is 0 Å². The lowest BCUT2D eigenvalue weighted by Gasteiger charge is -2.34. The minimum Gasteiger partial charge on any atom is -0.360 e. The summed E-state index contributed by atoms with van der Waals surface area (Å²) in [6.07, 6.45) is 0. The summed E-state index contributed by atoms with van der Waals surface area (Å²) < 4.78 is 5.24. The van der Waals surface area contributed by atoms with Crippen molar-refractivity contribution in [1.82, 2.24) is 15.0 Å². The molecule has 1 aliphatic heterocycles. The number of aromatic nitrogens is 1. The van der Waals surface area contributed by atoms with E-state index in [1.165, 1.54) is 0 Å². The molecule has 5 nitrogen and oxygen atoms in total. The van der Waals surface area contributed by atoms with Crippen molar-refractivity contribution in [2.45, 2.75) is 13.5 Å². The summed E-state index contributed by atoms with van der Waals surface area (Å²) in [5.74, 6) is 0.907. The molecule has 0 N–H and O–H groups in total. The highest BCUT2D eigenvalue weighted by Gasteiger charge is 2.22. The predicted octanol–water partition coefficient (Wildman–Crippen LogP) is 2.59. The van der Waals surface area contributed by atoms with Crippen molar-refractivity contribution in [2.75, 3.05) is 26.2 Å². The van der Waals surface area contributed by atoms with E-state index in [0.717, 1.165) is 31.1 Å². The van der Waals surface area contributed by atoms with Gasteiger partial charge in [0.05, 0.1) is 12.2 Å². The van der Waals surface area contributed by atoms with Crippen LogP contribution in [0.25, 0.3) is 0 Å². The number of aryl methyl sites for hydroxylation is 1. The van der Waals surface area contributed by atoms with Crippen molar-refractivity contribution in [2.24, 2.45) is 0 Å². The first-order valence-electron chi connectivity index (χ1n) is 7.31. The first kappa shape index (κ1) is 15.1. The molecule has 1 fully saturated rings. The molecule has 0 unspecified atom stereocenters. The van der Waals surface area contributed by atoms with Gasteiger partial charge in [0.1, 0.15) is 0 Å². The Balaban J connectivity index is 1.56. The molecule has 0 saturated carbocycles. The molecular weight excluding hydrogens is 302 g/mol. The van der Waals surface area contributed by atoms with Crippen LogP contribution >= 0.6 is 11.6 Å². The maximum Gasteiger partial charge on any atom is 0.253 e. The molecular formula is C16H18ClN3O2. The van der Waals surface area contributed by atoms with Gasteiger partial charge in [-0.1, -0.05) is 22.8 Å². The van der Waals surface area contributed by atoms with Gasteiger partial charge in [-0.25, -0.2) is 0 Å². The second kappa shape index (κ2) is 6.50. The number of carbonyl (C=O) groups excluding carboxylic acids is 1. The number of rotatable bonds is 3. The molecule has 22 heavy (non-hydrogen) atoms. The number of hydrogen-bond acceptors (Lipinski definition) is 4. The van der Waals surface area contributed by atoms with Crippen LogP contribution in [0.3, 0.4) is 0 Å². The lowest BCUT2D eigenvalue weighted by atomic mass is 10.2. The first-order valence-corrected chi connectivity index (χ1v) is 7.69. The van der Waals surface area contributed by atoms with Crippen molar-refractivity contribution in [1.29, 1.82) is 0 Å². The van der Waals surface area contributed by atoms with Gasteiger partial charge in [-0.2, -0.15) is 0 Å². The third-order valence-electron chi connectivity index (χ3n) is 3.79. The lowest BCUT2D eigenvalue weighted by Crippen LogP contribution is -2.48. The van der Waals surface area contributed by atoms with Gasteiger partial charge in [-0.15, -0.1) is 0 Å². The molecule has 2 heterocycles. The summed E-state index contributed by atoms with van der Waals surface area (Å²) >= 11 is 5.95. The van der Waals surface area contributed by atoms with Crippen molar-refractivity contribution >= 4 is 17.5 Å². The highest BCUT2D eigenvalue weighted by Crippen LogP contribution is 2.15. The zero-order valence-corrected chi connectivity index (χ0v) is 13.2. The normalized spacial score (nSPS) is 16.0. The molecule has 6 heteroatoms. The molecule has 116 valence electrons. The summed E-state index contributed by atoms with van der Waals surface area (Å²) in [7, 11) is 0. The van der Waals surface area contributed by atoms with E-state index < -0.39 is 0 Å². The number of halogens is 1. The molecule has 1 saturated heterocycles. The van der Waals surface area contributed by atoms with Gasteiger partial charge in [0.15, 0.2) is 5.76 Å². The predicted molar refractivity (Wildman–Crippen MR) is 83.9 cm³/mol. The molecule has 0 radical (unpaired) electrons. The number of nitrogens with zero attached hydrogens (tertiary/aromatic N) is 3. The summed E-state index contributed by atoms with van der Waals surface area (Å²) in [5, 5.41) is 4.48. The number of hydrogen-bond donors (Lipinski definition) is 0. The largest absolute Gasteiger partial charge is 0.360 e. The zero-order valence-electron chi connectivity index (χ0n) is 12.5. The van der Waals surface area contributed by atoms with Crippen LogP contribution in [0.15, 0.2) is 34.9 Å². The fourth-order valence-electron chi connectivity index (χ4n) is 2.62. The number of benzene rings is 1. The lowest BCUT2D eigenvalue weighted by molar-refractivity contribution is 0.0617. The summed E-state index contributed by atoms with van der Waals surface area (Å²) in [4.78, 5) is 16.6. The van der Waals surface area contributed by atoms with Crippen LogP contribution in [-0.4, -0.2) is 47.0 Å². The second-order valence-electron chi connectivity index (χ2n) is 5.51. The number of carbonyl (C=O) groups is 1. The SMILES string of the molecule is Cc1cc(CN2CCN(C(=O)c3cccc(Cl)c3)CC2)on1. The van der Waals surface area contributed by atoms with Gasteiger partial charge < -0.3 is 9.42 Å². The van der Waals surface area contributed by atoms with Crippen LogP contribution in [0, 0.1) is 6.92 Å². The third kappa shape index (κ3) is 3.48. The molecule has 0 bridgehead atoms. The van der Waals surface area contributed by atoms with E-state index >= 15 is 0 Å². The minimum atomic E-state index is 0.0395. The van der Waals surface area contributed by atoms with E-state index in [1.54, 1.807) is 24.3 Å². The van der Waals surface area contributed by atoms with Crippen molar-refractivity contribution in [3.05, 3.63) is 52.4 Å². The molecule has 3 rings (SSSR count). The highest BCUT2D eigenvalue weighted by molar-refractivity contribution is 6.30. The maximum atomic E-state index is 12.4. The van der Waals surface area contributed by atoms with E-state index in [-0.39, 0.29) is 5.91 Å². The number of piperazine rings is 1. The van der Waals surface area contributed by atoms with E-state index in [2.05, 4.69) is 10.1 Å². The molecule has 2 aromatic rings. The van der Waals surface area contributed by atoms with Crippen LogP contribution in [0.2, 0.25) is 5.02 Å². The van der Waals surface area contributed by atoms with Crippen molar-refractivity contribution in [3.63, 3.8) is 0 Å². The molecule has 1 aromatic heterocycles. The first-order chi connectivity index (χ1) is 10.6. The summed E-state index contributed by atoms with van der Waals surface area (Å²) in [5.41, 5.74) is 1.54. The molecule has 1 amide bonds.